The van der Waals surface area contributed by atoms with Crippen LogP contribution in [0.4, 0.5) is 0 Å². The first-order valence-electron chi connectivity index (χ1n) is 8.15. The number of rotatable bonds is 6. The predicted molar refractivity (Wildman–Crippen MR) is 118 cm³/mol. The topological polar surface area (TPSA) is 61.8 Å². The zero-order chi connectivity index (χ0) is 18.3. The summed E-state index contributed by atoms with van der Waals surface area (Å²) >= 11 is 0. The van der Waals surface area contributed by atoms with Crippen molar-refractivity contribution in [3.05, 3.63) is 65.7 Å². The molecule has 0 saturated heterocycles. The lowest BCUT2D eigenvalue weighted by atomic mass is 10.1. The van der Waals surface area contributed by atoms with Gasteiger partial charge in [-0.2, -0.15) is 0 Å². The fourth-order valence-corrected chi connectivity index (χ4v) is 2.96. The van der Waals surface area contributed by atoms with Crippen molar-refractivity contribution >= 4 is 39.8 Å². The smallest absolute Gasteiger partial charge is 0.193 e. The van der Waals surface area contributed by atoms with Crippen LogP contribution in [0, 0.1) is 0 Å². The Balaban J connectivity index is 0.00000338. The Kier molecular flexibility index (Phi) is 9.07. The fraction of sp³-hybridized carbons (Fsp3) is 0.316. The zero-order valence-corrected chi connectivity index (χ0v) is 18.5. The monoisotopic (exact) mass is 487 g/mol. The number of nitrogens with one attached hydrogen (secondary N) is 1. The standard InChI is InChI=1S/C19H25N3O2S.HI/c1-22(2)19(21-15-17-7-5-4-6-8-17)20-14-13-16-9-11-18(12-10-16)25(3,23)24;/h4-12H,13-15H2,1-3H3,(H,20,21);1H. The van der Waals surface area contributed by atoms with E-state index in [0.717, 1.165) is 24.5 Å². The molecule has 0 spiro atoms. The van der Waals surface area contributed by atoms with Crippen molar-refractivity contribution in [1.29, 1.82) is 0 Å². The highest BCUT2D eigenvalue weighted by Gasteiger charge is 2.06. The summed E-state index contributed by atoms with van der Waals surface area (Å²) in [6.45, 7) is 1.36. The number of nitrogens with zero attached hydrogens (tertiary/aromatic N) is 2. The van der Waals surface area contributed by atoms with Crippen LogP contribution in [0.1, 0.15) is 11.1 Å². The Bertz CT molecular complexity index is 804. The second kappa shape index (κ2) is 10.5. The van der Waals surface area contributed by atoms with Crippen molar-refractivity contribution in [2.45, 2.75) is 17.9 Å². The molecule has 2 aromatic rings. The van der Waals surface area contributed by atoms with Crippen molar-refractivity contribution < 1.29 is 8.42 Å². The van der Waals surface area contributed by atoms with Crippen LogP contribution in [-0.2, 0) is 22.8 Å². The van der Waals surface area contributed by atoms with Gasteiger partial charge in [-0.05, 0) is 29.7 Å². The van der Waals surface area contributed by atoms with Crippen molar-refractivity contribution in [2.75, 3.05) is 26.9 Å². The summed E-state index contributed by atoms with van der Waals surface area (Å²) < 4.78 is 23.0. The number of hydrogen-bond donors (Lipinski definition) is 1. The van der Waals surface area contributed by atoms with E-state index in [1.165, 1.54) is 11.8 Å². The van der Waals surface area contributed by atoms with Crippen LogP contribution in [-0.4, -0.2) is 46.2 Å². The van der Waals surface area contributed by atoms with Crippen LogP contribution in [0.3, 0.4) is 0 Å². The quantitative estimate of drug-likeness (QED) is 0.387. The van der Waals surface area contributed by atoms with E-state index in [2.05, 4.69) is 22.4 Å². The van der Waals surface area contributed by atoms with Gasteiger partial charge in [-0.15, -0.1) is 24.0 Å². The molecule has 0 atom stereocenters. The molecule has 2 rings (SSSR count). The predicted octanol–water partition coefficient (Wildman–Crippen LogP) is 2.96. The van der Waals surface area contributed by atoms with Crippen molar-refractivity contribution in [3.8, 4) is 0 Å². The lowest BCUT2D eigenvalue weighted by molar-refractivity contribution is 0.579. The van der Waals surface area contributed by atoms with Crippen LogP contribution in [0.5, 0.6) is 0 Å². The molecule has 0 fully saturated rings. The zero-order valence-electron chi connectivity index (χ0n) is 15.3. The molecule has 0 aromatic heterocycles. The molecule has 2 aromatic carbocycles. The summed E-state index contributed by atoms with van der Waals surface area (Å²) in [4.78, 5) is 6.93. The molecule has 7 heteroatoms. The Morgan fingerprint density at radius 1 is 1.00 bits per heavy atom. The van der Waals surface area contributed by atoms with E-state index in [9.17, 15) is 8.42 Å². The Morgan fingerprint density at radius 2 is 1.62 bits per heavy atom. The van der Waals surface area contributed by atoms with Crippen molar-refractivity contribution in [2.24, 2.45) is 4.99 Å². The summed E-state index contributed by atoms with van der Waals surface area (Å²) in [7, 11) is 0.772. The first-order valence-corrected chi connectivity index (χ1v) is 10.0. The van der Waals surface area contributed by atoms with Gasteiger partial charge in [-0.3, -0.25) is 0 Å². The number of hydrogen-bond acceptors (Lipinski definition) is 3. The second-order valence-electron chi connectivity index (χ2n) is 6.11. The van der Waals surface area contributed by atoms with E-state index in [-0.39, 0.29) is 24.0 Å². The molecule has 0 unspecified atom stereocenters. The maximum Gasteiger partial charge on any atom is 0.193 e. The first-order chi connectivity index (χ1) is 11.9. The normalized spacial score (nSPS) is 11.6. The molecule has 0 aliphatic rings. The Labute approximate surface area is 173 Å². The molecule has 0 aliphatic carbocycles. The molecule has 26 heavy (non-hydrogen) atoms. The van der Waals surface area contributed by atoms with Crippen LogP contribution in [0.15, 0.2) is 64.5 Å². The van der Waals surface area contributed by atoms with Gasteiger partial charge in [-0.25, -0.2) is 13.4 Å². The van der Waals surface area contributed by atoms with Gasteiger partial charge in [0.05, 0.1) is 11.4 Å². The minimum Gasteiger partial charge on any atom is -0.356 e. The minimum absolute atomic E-state index is 0. The van der Waals surface area contributed by atoms with E-state index >= 15 is 0 Å². The summed E-state index contributed by atoms with van der Waals surface area (Å²) in [6, 6.07) is 17.1. The largest absolute Gasteiger partial charge is 0.356 e. The SMILES string of the molecule is CN(C)C(=NCc1ccccc1)NCCc1ccc(S(C)(=O)=O)cc1.I. The van der Waals surface area contributed by atoms with Crippen LogP contribution in [0.25, 0.3) is 0 Å². The van der Waals surface area contributed by atoms with Crippen molar-refractivity contribution in [3.63, 3.8) is 0 Å². The maximum atomic E-state index is 11.5. The number of sulfone groups is 1. The molecule has 1 N–H and O–H groups in total. The summed E-state index contributed by atoms with van der Waals surface area (Å²) in [6.07, 6.45) is 2.01. The summed E-state index contributed by atoms with van der Waals surface area (Å²) in [5.74, 6) is 0.830. The van der Waals surface area contributed by atoms with E-state index < -0.39 is 9.84 Å². The maximum absolute atomic E-state index is 11.5. The van der Waals surface area contributed by atoms with Gasteiger partial charge in [0.2, 0.25) is 0 Å². The molecule has 0 bridgehead atoms. The molecule has 0 amide bonds. The third kappa shape index (κ3) is 7.33. The first kappa shape index (κ1) is 22.4. The van der Waals surface area contributed by atoms with E-state index in [1.807, 2.05) is 49.3 Å². The van der Waals surface area contributed by atoms with Gasteiger partial charge in [0.25, 0.3) is 0 Å². The molecular formula is C19H26IN3O2S. The van der Waals surface area contributed by atoms with E-state index in [4.69, 9.17) is 0 Å². The lowest BCUT2D eigenvalue weighted by Gasteiger charge is -2.17. The van der Waals surface area contributed by atoms with Gasteiger partial charge in [0.15, 0.2) is 15.8 Å². The van der Waals surface area contributed by atoms with Gasteiger partial charge in [-0.1, -0.05) is 42.5 Å². The van der Waals surface area contributed by atoms with Gasteiger partial charge >= 0.3 is 0 Å². The van der Waals surface area contributed by atoms with Gasteiger partial charge in [0, 0.05) is 26.9 Å². The molecule has 5 nitrogen and oxygen atoms in total. The van der Waals surface area contributed by atoms with Crippen LogP contribution >= 0.6 is 24.0 Å². The Hall–Kier alpha value is -1.61. The highest BCUT2D eigenvalue weighted by molar-refractivity contribution is 14.0. The molecule has 0 saturated carbocycles. The lowest BCUT2D eigenvalue weighted by Crippen LogP contribution is -2.37. The third-order valence-corrected chi connectivity index (χ3v) is 4.85. The number of aliphatic imine (C=N–C) groups is 1. The van der Waals surface area contributed by atoms with Crippen LogP contribution in [0.2, 0.25) is 0 Å². The fourth-order valence-electron chi connectivity index (χ4n) is 2.33. The van der Waals surface area contributed by atoms with Crippen molar-refractivity contribution in [1.82, 2.24) is 10.2 Å². The highest BCUT2D eigenvalue weighted by Crippen LogP contribution is 2.10. The molecule has 0 aliphatic heterocycles. The number of halogens is 1. The summed E-state index contributed by atoms with van der Waals surface area (Å²) in [5.41, 5.74) is 2.25. The molecule has 142 valence electrons. The second-order valence-corrected chi connectivity index (χ2v) is 8.13. The number of guanidine groups is 1. The highest BCUT2D eigenvalue weighted by atomic mass is 127. The minimum atomic E-state index is -3.14. The van der Waals surface area contributed by atoms with E-state index in [0.29, 0.717) is 11.4 Å². The average Bonchev–Trinajstić information content (AvgIpc) is 2.58. The van der Waals surface area contributed by atoms with Gasteiger partial charge < -0.3 is 10.2 Å². The Morgan fingerprint density at radius 3 is 2.15 bits per heavy atom. The summed E-state index contributed by atoms with van der Waals surface area (Å²) in [5, 5.41) is 3.34. The molecule has 0 heterocycles. The molecule has 0 radical (unpaired) electrons. The number of benzene rings is 2. The van der Waals surface area contributed by atoms with E-state index in [1.54, 1.807) is 12.1 Å². The average molecular weight is 487 g/mol. The van der Waals surface area contributed by atoms with Crippen LogP contribution < -0.4 is 5.32 Å². The molecular weight excluding hydrogens is 461 g/mol. The third-order valence-electron chi connectivity index (χ3n) is 3.73. The van der Waals surface area contributed by atoms with Gasteiger partial charge in [0.1, 0.15) is 0 Å².